The summed E-state index contributed by atoms with van der Waals surface area (Å²) in [7, 11) is 0. The number of fused-ring (bicyclic) bond motifs is 1. The standard InChI is InChI=1S/C37H35FN6O4/c1-23-5-14-32(35(46)41-23)44-36(47)30-3-2-4-31(34(30)37(44)48)39-20-25-21-40-43(22-25)29-15-17-42(18-16-29)33(45)19-24-6-8-26(9-7-24)27-10-12-28(38)13-11-27/h2-4,6-13,21-22,29,32,39H,1,5,14-20H2,(H,41,46). The summed E-state index contributed by atoms with van der Waals surface area (Å²) in [5.41, 5.74) is 5.40. The van der Waals surface area contributed by atoms with Crippen LogP contribution in [0.1, 0.15) is 63.6 Å². The van der Waals surface area contributed by atoms with Gasteiger partial charge in [-0.25, -0.2) is 4.39 Å². The minimum Gasteiger partial charge on any atom is -0.380 e. The highest BCUT2D eigenvalue weighted by Crippen LogP contribution is 2.33. The van der Waals surface area contributed by atoms with Crippen molar-refractivity contribution >= 4 is 29.3 Å². The number of benzene rings is 3. The maximum Gasteiger partial charge on any atom is 0.264 e. The summed E-state index contributed by atoms with van der Waals surface area (Å²) >= 11 is 0. The van der Waals surface area contributed by atoms with E-state index in [2.05, 4.69) is 22.3 Å². The highest BCUT2D eigenvalue weighted by atomic mass is 19.1. The van der Waals surface area contributed by atoms with Gasteiger partial charge < -0.3 is 15.5 Å². The van der Waals surface area contributed by atoms with Crippen LogP contribution >= 0.6 is 0 Å². The maximum absolute atomic E-state index is 13.4. The van der Waals surface area contributed by atoms with Crippen molar-refractivity contribution in [2.75, 3.05) is 18.4 Å². The Morgan fingerprint density at radius 2 is 1.62 bits per heavy atom. The Morgan fingerprint density at radius 1 is 0.917 bits per heavy atom. The molecule has 4 aromatic rings. The van der Waals surface area contributed by atoms with Gasteiger partial charge in [-0.05, 0) is 66.6 Å². The van der Waals surface area contributed by atoms with Crippen LogP contribution in [0.15, 0.2) is 91.4 Å². The summed E-state index contributed by atoms with van der Waals surface area (Å²) in [6, 6.07) is 18.5. The highest BCUT2D eigenvalue weighted by Gasteiger charge is 2.45. The third kappa shape index (κ3) is 6.11. The van der Waals surface area contributed by atoms with Crippen molar-refractivity contribution in [2.24, 2.45) is 0 Å². The van der Waals surface area contributed by atoms with E-state index in [1.807, 2.05) is 40.0 Å². The number of rotatable bonds is 8. The molecule has 0 aliphatic carbocycles. The topological polar surface area (TPSA) is 117 Å². The van der Waals surface area contributed by atoms with Crippen LogP contribution in [0.25, 0.3) is 11.1 Å². The first-order valence-corrected chi connectivity index (χ1v) is 16.1. The second-order valence-electron chi connectivity index (χ2n) is 12.5. The number of aromatic nitrogens is 2. The molecule has 1 atom stereocenters. The van der Waals surface area contributed by atoms with Gasteiger partial charge in [0.2, 0.25) is 11.8 Å². The average Bonchev–Trinajstić information content (AvgIpc) is 3.67. The van der Waals surface area contributed by atoms with E-state index in [1.54, 1.807) is 36.5 Å². The number of piperidine rings is 2. The Hall–Kier alpha value is -5.58. The second-order valence-corrected chi connectivity index (χ2v) is 12.5. The number of hydrogen-bond acceptors (Lipinski definition) is 6. The molecule has 1 unspecified atom stereocenters. The molecular weight excluding hydrogens is 611 g/mol. The van der Waals surface area contributed by atoms with Crippen LogP contribution in [0.3, 0.4) is 0 Å². The van der Waals surface area contributed by atoms with E-state index in [0.29, 0.717) is 50.3 Å². The van der Waals surface area contributed by atoms with E-state index in [0.717, 1.165) is 40.0 Å². The summed E-state index contributed by atoms with van der Waals surface area (Å²) in [5, 5.41) is 10.5. The third-order valence-corrected chi connectivity index (χ3v) is 9.40. The molecule has 244 valence electrons. The first-order valence-electron chi connectivity index (χ1n) is 16.1. The van der Waals surface area contributed by atoms with Gasteiger partial charge in [0.15, 0.2) is 0 Å². The Kier molecular flexibility index (Phi) is 8.34. The van der Waals surface area contributed by atoms with Crippen molar-refractivity contribution < 1.29 is 23.6 Å². The smallest absolute Gasteiger partial charge is 0.264 e. The van der Waals surface area contributed by atoms with Crippen molar-refractivity contribution in [3.8, 4) is 11.1 Å². The summed E-state index contributed by atoms with van der Waals surface area (Å²) in [5.74, 6) is -1.53. The molecule has 7 rings (SSSR count). The number of carbonyl (C=O) groups excluding carboxylic acids is 4. The molecule has 0 spiro atoms. The van der Waals surface area contributed by atoms with Gasteiger partial charge in [-0.15, -0.1) is 0 Å². The highest BCUT2D eigenvalue weighted by molar-refractivity contribution is 6.25. The third-order valence-electron chi connectivity index (χ3n) is 9.40. The fraction of sp³-hybridized carbons (Fsp3) is 0.270. The molecule has 10 nitrogen and oxygen atoms in total. The number of hydrogen-bond donors (Lipinski definition) is 2. The normalized spacial score (nSPS) is 18.2. The molecule has 1 aromatic heterocycles. The van der Waals surface area contributed by atoms with Crippen LogP contribution in [0.5, 0.6) is 0 Å². The number of nitrogens with one attached hydrogen (secondary N) is 2. The van der Waals surface area contributed by atoms with Gasteiger partial charge in [-0.1, -0.05) is 49.0 Å². The van der Waals surface area contributed by atoms with Crippen molar-refractivity contribution in [3.05, 3.63) is 119 Å². The Morgan fingerprint density at radius 3 is 2.33 bits per heavy atom. The van der Waals surface area contributed by atoms with Crippen molar-refractivity contribution in [3.63, 3.8) is 0 Å². The van der Waals surface area contributed by atoms with E-state index in [9.17, 15) is 23.6 Å². The Balaban J connectivity index is 0.924. The van der Waals surface area contributed by atoms with Gasteiger partial charge in [-0.3, -0.25) is 28.8 Å². The summed E-state index contributed by atoms with van der Waals surface area (Å²) in [6.07, 6.45) is 6.49. The van der Waals surface area contributed by atoms with Crippen LogP contribution in [0.4, 0.5) is 10.1 Å². The quantitative estimate of drug-likeness (QED) is 0.258. The number of imide groups is 1. The molecular formula is C37H35FN6O4. The van der Waals surface area contributed by atoms with Crippen molar-refractivity contribution in [2.45, 2.75) is 50.7 Å². The number of carbonyl (C=O) groups is 4. The number of halogens is 1. The van der Waals surface area contributed by atoms with E-state index in [-0.39, 0.29) is 28.9 Å². The predicted octanol–water partition coefficient (Wildman–Crippen LogP) is 5.10. The van der Waals surface area contributed by atoms with Crippen LogP contribution in [0.2, 0.25) is 0 Å². The predicted molar refractivity (Wildman–Crippen MR) is 177 cm³/mol. The van der Waals surface area contributed by atoms with Crippen LogP contribution in [-0.4, -0.2) is 62.3 Å². The van der Waals surface area contributed by atoms with E-state index in [4.69, 9.17) is 0 Å². The van der Waals surface area contributed by atoms with E-state index in [1.165, 1.54) is 12.1 Å². The summed E-state index contributed by atoms with van der Waals surface area (Å²) < 4.78 is 15.2. The number of likely N-dealkylation sites (tertiary alicyclic amines) is 1. The molecule has 3 aromatic carbocycles. The van der Waals surface area contributed by atoms with E-state index >= 15 is 0 Å². The minimum atomic E-state index is -0.865. The maximum atomic E-state index is 13.4. The Bertz CT molecular complexity index is 1910. The lowest BCUT2D eigenvalue weighted by Gasteiger charge is -2.32. The van der Waals surface area contributed by atoms with Gasteiger partial charge in [0, 0.05) is 42.8 Å². The molecule has 2 N–H and O–H groups in total. The number of allylic oxidation sites excluding steroid dienone is 1. The van der Waals surface area contributed by atoms with Crippen molar-refractivity contribution in [1.29, 1.82) is 0 Å². The van der Waals surface area contributed by atoms with Gasteiger partial charge in [-0.2, -0.15) is 5.10 Å². The van der Waals surface area contributed by atoms with Crippen LogP contribution < -0.4 is 10.6 Å². The fourth-order valence-electron chi connectivity index (χ4n) is 6.73. The fourth-order valence-corrected chi connectivity index (χ4v) is 6.73. The van der Waals surface area contributed by atoms with Gasteiger partial charge in [0.05, 0.1) is 29.8 Å². The monoisotopic (exact) mass is 646 g/mol. The van der Waals surface area contributed by atoms with Crippen LogP contribution in [-0.2, 0) is 22.6 Å². The molecule has 11 heteroatoms. The molecule has 4 amide bonds. The molecule has 48 heavy (non-hydrogen) atoms. The average molecular weight is 647 g/mol. The number of nitrogens with zero attached hydrogens (tertiary/aromatic N) is 4. The zero-order valence-electron chi connectivity index (χ0n) is 26.3. The molecule has 3 aliphatic heterocycles. The summed E-state index contributed by atoms with van der Waals surface area (Å²) in [6.45, 7) is 5.44. The molecule has 0 radical (unpaired) electrons. The molecule has 2 saturated heterocycles. The number of amides is 4. The molecule has 0 bridgehead atoms. The van der Waals surface area contributed by atoms with Gasteiger partial charge in [0.25, 0.3) is 11.8 Å². The molecule has 3 aliphatic rings. The molecule has 2 fully saturated rings. The minimum absolute atomic E-state index is 0.0879. The largest absolute Gasteiger partial charge is 0.380 e. The zero-order chi connectivity index (χ0) is 33.4. The molecule has 4 heterocycles. The zero-order valence-corrected chi connectivity index (χ0v) is 26.3. The number of anilines is 1. The first-order chi connectivity index (χ1) is 23.2. The SMILES string of the molecule is C=C1CCC(N2C(=O)c3cccc(NCc4cnn(C5CCN(C(=O)Cc6ccc(-c7ccc(F)cc7)cc6)CC5)c4)c3C2=O)C(=O)N1. The second kappa shape index (κ2) is 12.9. The van der Waals surface area contributed by atoms with Gasteiger partial charge in [0.1, 0.15) is 11.9 Å². The van der Waals surface area contributed by atoms with Gasteiger partial charge >= 0.3 is 0 Å². The molecule has 0 saturated carbocycles. The Labute approximate surface area is 277 Å². The van der Waals surface area contributed by atoms with Crippen LogP contribution in [0, 0.1) is 5.82 Å². The summed E-state index contributed by atoms with van der Waals surface area (Å²) in [4.78, 5) is 55.3. The lowest BCUT2D eigenvalue weighted by Crippen LogP contribution is -2.51. The lowest BCUT2D eigenvalue weighted by atomic mass is 10.0. The van der Waals surface area contributed by atoms with E-state index < -0.39 is 23.8 Å². The first kappa shape index (κ1) is 31.0. The van der Waals surface area contributed by atoms with Crippen molar-refractivity contribution in [1.82, 2.24) is 24.9 Å². The lowest BCUT2D eigenvalue weighted by molar-refractivity contribution is -0.131.